The van der Waals surface area contributed by atoms with Gasteiger partial charge < -0.3 is 25.0 Å². The van der Waals surface area contributed by atoms with Crippen molar-refractivity contribution in [2.75, 3.05) is 25.5 Å². The molecule has 0 radical (unpaired) electrons. The number of ether oxygens (including phenoxy) is 2. The average Bonchev–Trinajstić information content (AvgIpc) is 2.81. The van der Waals surface area contributed by atoms with Crippen molar-refractivity contribution in [3.63, 3.8) is 0 Å². The summed E-state index contributed by atoms with van der Waals surface area (Å²) in [6.45, 7) is 2.49. The summed E-state index contributed by atoms with van der Waals surface area (Å²) in [7, 11) is 1.78. The Hall–Kier alpha value is -2.61. The fourth-order valence-electron chi connectivity index (χ4n) is 5.24. The Morgan fingerprint density at radius 3 is 2.67 bits per heavy atom. The maximum absolute atomic E-state index is 13.2. The van der Waals surface area contributed by atoms with E-state index in [0.717, 1.165) is 13.0 Å². The van der Waals surface area contributed by atoms with Crippen molar-refractivity contribution in [3.05, 3.63) is 23.8 Å². The molecule has 1 aromatic rings. The second-order valence-corrected chi connectivity index (χ2v) is 9.57. The van der Waals surface area contributed by atoms with Crippen molar-refractivity contribution >= 4 is 23.4 Å². The van der Waals surface area contributed by atoms with E-state index >= 15 is 0 Å². The van der Waals surface area contributed by atoms with Crippen LogP contribution in [0.4, 0.5) is 5.69 Å². The summed E-state index contributed by atoms with van der Waals surface area (Å²) in [6, 6.07) is 4.94. The molecule has 8 heteroatoms. The molecular weight excluding hydrogens is 422 g/mol. The highest BCUT2D eigenvalue weighted by molar-refractivity contribution is 5.99. The Bertz CT molecular complexity index is 883. The fraction of sp³-hybridized carbons (Fsp3) is 0.640. The summed E-state index contributed by atoms with van der Waals surface area (Å²) >= 11 is 0. The van der Waals surface area contributed by atoms with Crippen molar-refractivity contribution in [1.29, 1.82) is 0 Å². The van der Waals surface area contributed by atoms with Crippen LogP contribution < -0.4 is 15.4 Å². The van der Waals surface area contributed by atoms with Crippen LogP contribution in [0.25, 0.3) is 0 Å². The third-order valence-corrected chi connectivity index (χ3v) is 7.06. The van der Waals surface area contributed by atoms with E-state index in [1.165, 1.54) is 39.0 Å². The van der Waals surface area contributed by atoms with Gasteiger partial charge in [0.1, 0.15) is 18.5 Å². The van der Waals surface area contributed by atoms with Crippen LogP contribution in [0.1, 0.15) is 68.6 Å². The lowest BCUT2D eigenvalue weighted by molar-refractivity contribution is -0.134. The highest BCUT2D eigenvalue weighted by Crippen LogP contribution is 2.32. The minimum absolute atomic E-state index is 0.0380. The predicted molar refractivity (Wildman–Crippen MR) is 124 cm³/mol. The smallest absolute Gasteiger partial charge is 0.257 e. The molecule has 2 heterocycles. The third-order valence-electron chi connectivity index (χ3n) is 7.06. The number of carbonyl (C=O) groups is 3. The zero-order valence-electron chi connectivity index (χ0n) is 19.6. The molecule has 1 saturated carbocycles. The normalized spacial score (nSPS) is 25.7. The minimum atomic E-state index is -0.299. The van der Waals surface area contributed by atoms with Gasteiger partial charge in [-0.3, -0.25) is 14.4 Å². The number of amides is 3. The van der Waals surface area contributed by atoms with Crippen molar-refractivity contribution in [1.82, 2.24) is 10.2 Å². The maximum Gasteiger partial charge on any atom is 0.257 e. The van der Waals surface area contributed by atoms with Crippen LogP contribution in [0.15, 0.2) is 18.2 Å². The van der Waals surface area contributed by atoms with Crippen LogP contribution >= 0.6 is 0 Å². The van der Waals surface area contributed by atoms with E-state index in [-0.39, 0.29) is 36.0 Å². The van der Waals surface area contributed by atoms with Gasteiger partial charge in [0.15, 0.2) is 0 Å². The number of hydrogen-bond donors (Lipinski definition) is 2. The van der Waals surface area contributed by atoms with Gasteiger partial charge in [0.05, 0.1) is 24.1 Å². The molecule has 33 heavy (non-hydrogen) atoms. The van der Waals surface area contributed by atoms with Crippen LogP contribution in [-0.4, -0.2) is 61.1 Å². The number of benzene rings is 1. The molecule has 0 unspecified atom stereocenters. The van der Waals surface area contributed by atoms with E-state index in [1.807, 2.05) is 0 Å². The van der Waals surface area contributed by atoms with Gasteiger partial charge in [0.2, 0.25) is 11.8 Å². The second kappa shape index (κ2) is 10.5. The van der Waals surface area contributed by atoms with Gasteiger partial charge in [-0.25, -0.2) is 0 Å². The molecule has 3 atom stereocenters. The van der Waals surface area contributed by atoms with Gasteiger partial charge in [-0.15, -0.1) is 0 Å². The zero-order chi connectivity index (χ0) is 23.4. The first-order chi connectivity index (χ1) is 15.9. The Morgan fingerprint density at radius 2 is 1.91 bits per heavy atom. The number of hydrogen-bond acceptors (Lipinski definition) is 5. The van der Waals surface area contributed by atoms with Crippen LogP contribution in [0.3, 0.4) is 0 Å². The maximum atomic E-state index is 13.2. The SMILES string of the molecule is CC(=O)Nc1ccc2c(c1)C(=O)N(C)[C@@H]1CC[C@H](CC(=O)NCC3CCCCC3)O[C@@H]1CO2. The molecule has 3 aliphatic rings. The van der Waals surface area contributed by atoms with Crippen molar-refractivity contribution in [2.24, 2.45) is 5.92 Å². The fourth-order valence-corrected chi connectivity index (χ4v) is 5.24. The summed E-state index contributed by atoms with van der Waals surface area (Å²) in [6.07, 6.45) is 7.57. The van der Waals surface area contributed by atoms with Crippen molar-refractivity contribution in [2.45, 2.75) is 76.5 Å². The van der Waals surface area contributed by atoms with Crippen LogP contribution in [-0.2, 0) is 14.3 Å². The van der Waals surface area contributed by atoms with E-state index in [0.29, 0.717) is 42.4 Å². The van der Waals surface area contributed by atoms with Gasteiger partial charge in [-0.05, 0) is 49.8 Å². The monoisotopic (exact) mass is 457 g/mol. The zero-order valence-corrected chi connectivity index (χ0v) is 19.6. The molecule has 0 spiro atoms. The highest BCUT2D eigenvalue weighted by Gasteiger charge is 2.39. The Balaban J connectivity index is 1.36. The molecule has 2 aliphatic heterocycles. The largest absolute Gasteiger partial charge is 0.490 e. The van der Waals surface area contributed by atoms with Crippen LogP contribution in [0.5, 0.6) is 5.75 Å². The van der Waals surface area contributed by atoms with Gasteiger partial charge >= 0.3 is 0 Å². The molecule has 0 bridgehead atoms. The first-order valence-corrected chi connectivity index (χ1v) is 12.1. The molecule has 3 amide bonds. The lowest BCUT2D eigenvalue weighted by Gasteiger charge is -2.42. The quantitative estimate of drug-likeness (QED) is 0.708. The molecule has 2 N–H and O–H groups in total. The number of carbonyl (C=O) groups excluding carboxylic acids is 3. The van der Waals surface area contributed by atoms with Crippen LogP contribution in [0, 0.1) is 5.92 Å². The average molecular weight is 458 g/mol. The number of rotatable bonds is 5. The summed E-state index contributed by atoms with van der Waals surface area (Å²) < 4.78 is 12.2. The molecule has 0 aromatic heterocycles. The van der Waals surface area contributed by atoms with Gasteiger partial charge in [-0.1, -0.05) is 19.3 Å². The number of fused-ring (bicyclic) bond motifs is 2. The van der Waals surface area contributed by atoms with Crippen LogP contribution in [0.2, 0.25) is 0 Å². The Labute approximate surface area is 195 Å². The summed E-state index contributed by atoms with van der Waals surface area (Å²) in [4.78, 5) is 38.8. The second-order valence-electron chi connectivity index (χ2n) is 9.57. The van der Waals surface area contributed by atoms with Crippen molar-refractivity contribution in [3.8, 4) is 5.75 Å². The first kappa shape index (κ1) is 23.5. The van der Waals surface area contributed by atoms with E-state index in [4.69, 9.17) is 9.47 Å². The number of likely N-dealkylation sites (N-methyl/N-ethyl adjacent to an activating group) is 1. The molecule has 180 valence electrons. The Morgan fingerprint density at radius 1 is 1.12 bits per heavy atom. The molecule has 1 saturated heterocycles. The molecular formula is C25H35N3O5. The minimum Gasteiger partial charge on any atom is -0.490 e. The standard InChI is InChI=1S/C25H35N3O5/c1-16(29)27-18-8-11-22-20(12-18)25(31)28(2)21-10-9-19(33-23(21)15-32-22)13-24(30)26-14-17-6-4-3-5-7-17/h8,11-12,17,19,21,23H,3-7,9-10,13-15H2,1-2H3,(H,26,30)(H,27,29)/t19-,21-,23-/m1/s1. The summed E-state index contributed by atoms with van der Waals surface area (Å²) in [5.74, 6) is 0.743. The van der Waals surface area contributed by atoms with Crippen molar-refractivity contribution < 1.29 is 23.9 Å². The van der Waals surface area contributed by atoms with Gasteiger partial charge in [-0.2, -0.15) is 0 Å². The molecule has 2 fully saturated rings. The molecule has 8 nitrogen and oxygen atoms in total. The van der Waals surface area contributed by atoms with E-state index in [1.54, 1.807) is 30.1 Å². The van der Waals surface area contributed by atoms with E-state index < -0.39 is 0 Å². The van der Waals surface area contributed by atoms with Gasteiger partial charge in [0, 0.05) is 26.2 Å². The predicted octanol–water partition coefficient (Wildman–Crippen LogP) is 3.11. The van der Waals surface area contributed by atoms with Gasteiger partial charge in [0.25, 0.3) is 5.91 Å². The lowest BCUT2D eigenvalue weighted by Crippen LogP contribution is -2.54. The topological polar surface area (TPSA) is 97.0 Å². The lowest BCUT2D eigenvalue weighted by atomic mass is 9.89. The molecule has 1 aliphatic carbocycles. The number of nitrogens with one attached hydrogen (secondary N) is 2. The number of anilines is 1. The highest BCUT2D eigenvalue weighted by atomic mass is 16.5. The summed E-state index contributed by atoms with van der Waals surface area (Å²) in [5.41, 5.74) is 0.981. The van der Waals surface area contributed by atoms with E-state index in [9.17, 15) is 14.4 Å². The molecule has 1 aromatic carbocycles. The summed E-state index contributed by atoms with van der Waals surface area (Å²) in [5, 5.41) is 5.81. The Kier molecular flexibility index (Phi) is 7.53. The first-order valence-electron chi connectivity index (χ1n) is 12.1. The third kappa shape index (κ3) is 5.85. The van der Waals surface area contributed by atoms with E-state index in [2.05, 4.69) is 10.6 Å². The number of nitrogens with zero attached hydrogens (tertiary/aromatic N) is 1. The molecule has 4 rings (SSSR count).